The Morgan fingerprint density at radius 1 is 1.00 bits per heavy atom. The van der Waals surface area contributed by atoms with Gasteiger partial charge in [0.2, 0.25) is 0 Å². The van der Waals surface area contributed by atoms with Gasteiger partial charge in [0.1, 0.15) is 0 Å². The third-order valence-corrected chi connectivity index (χ3v) is 7.35. The topological polar surface area (TPSA) is 103 Å². The number of hydrogen-bond donors (Lipinski definition) is 2. The number of Topliss-reactive ketones (excluding diaryl/α,β-unsaturated/α-hetero) is 1. The van der Waals surface area contributed by atoms with Crippen LogP contribution >= 0.6 is 0 Å². The minimum absolute atomic E-state index is 0.0653. The van der Waals surface area contributed by atoms with Crippen molar-refractivity contribution >= 4 is 11.8 Å². The highest BCUT2D eigenvalue weighted by molar-refractivity contribution is 6.04. The predicted octanol–water partition coefficient (Wildman–Crippen LogP) is 5.12. The molecule has 38 heavy (non-hydrogen) atoms. The summed E-state index contributed by atoms with van der Waals surface area (Å²) in [5.74, 6) is 0.155. The van der Waals surface area contributed by atoms with Crippen LogP contribution in [0.4, 0.5) is 0 Å². The van der Waals surface area contributed by atoms with Crippen molar-refractivity contribution in [2.75, 3.05) is 21.3 Å². The van der Waals surface area contributed by atoms with Crippen LogP contribution in [0.15, 0.2) is 58.9 Å². The number of hydrogen-bond acceptors (Lipinski definition) is 8. The molecule has 2 aromatic rings. The number of rotatable bonds is 8. The molecule has 1 aliphatic heterocycles. The van der Waals surface area contributed by atoms with Crippen LogP contribution in [0.25, 0.3) is 0 Å². The van der Waals surface area contributed by atoms with E-state index in [1.165, 1.54) is 7.11 Å². The molecule has 8 heteroatoms. The molecule has 0 radical (unpaired) electrons. The van der Waals surface area contributed by atoms with Gasteiger partial charge in [-0.15, -0.1) is 0 Å². The Morgan fingerprint density at radius 2 is 1.66 bits per heavy atom. The Balaban J connectivity index is 1.79. The number of ether oxygens (including phenoxy) is 4. The molecule has 0 saturated carbocycles. The molecule has 0 spiro atoms. The van der Waals surface area contributed by atoms with Crippen LogP contribution in [0.5, 0.6) is 23.0 Å². The molecule has 0 aromatic heterocycles. The number of phenols is 1. The average molecular weight is 522 g/mol. The van der Waals surface area contributed by atoms with Crippen LogP contribution in [0.1, 0.15) is 63.0 Å². The second-order valence-electron chi connectivity index (χ2n) is 9.69. The fraction of sp³-hybridized carbons (Fsp3) is 0.400. The first-order valence-corrected chi connectivity index (χ1v) is 12.8. The number of aromatic hydroxyl groups is 1. The van der Waals surface area contributed by atoms with Gasteiger partial charge in [-0.25, -0.2) is 4.79 Å². The molecule has 0 saturated heterocycles. The highest BCUT2D eigenvalue weighted by Crippen LogP contribution is 2.47. The highest BCUT2D eigenvalue weighted by Gasteiger charge is 2.42. The van der Waals surface area contributed by atoms with Gasteiger partial charge in [-0.05, 0) is 68.0 Å². The highest BCUT2D eigenvalue weighted by atomic mass is 16.5. The van der Waals surface area contributed by atoms with Gasteiger partial charge in [0.05, 0.1) is 33.0 Å². The van der Waals surface area contributed by atoms with Crippen molar-refractivity contribution in [3.05, 3.63) is 70.1 Å². The van der Waals surface area contributed by atoms with Crippen LogP contribution < -0.4 is 19.5 Å². The predicted molar refractivity (Wildman–Crippen MR) is 143 cm³/mol. The third-order valence-electron chi connectivity index (χ3n) is 7.35. The lowest BCUT2D eigenvalue weighted by Gasteiger charge is -2.37. The summed E-state index contributed by atoms with van der Waals surface area (Å²) in [6.45, 7) is 5.59. The maximum Gasteiger partial charge on any atom is 0.337 e. The SMILES string of the molecule is CC[C@@H](C)OC(=O)C1=C(C)NC2=C(C(=O)C[C@H](c3ccc(OC)c(OC)c3)C2)[C@H]1c1ccc(OC)c(O)c1. The largest absolute Gasteiger partial charge is 0.504 e. The van der Waals surface area contributed by atoms with Crippen molar-refractivity contribution in [1.82, 2.24) is 5.32 Å². The van der Waals surface area contributed by atoms with Gasteiger partial charge in [0.25, 0.3) is 0 Å². The van der Waals surface area contributed by atoms with E-state index in [0.717, 1.165) is 11.3 Å². The number of phenolic OH excluding ortho intramolecular Hbond substituents is 1. The summed E-state index contributed by atoms with van der Waals surface area (Å²) in [5.41, 5.74) is 3.86. The Hall–Kier alpha value is -3.94. The lowest BCUT2D eigenvalue weighted by Crippen LogP contribution is -2.36. The number of carbonyl (C=O) groups is 2. The van der Waals surface area contributed by atoms with Crippen LogP contribution in [0.2, 0.25) is 0 Å². The van der Waals surface area contributed by atoms with Gasteiger partial charge in [0, 0.05) is 29.3 Å². The molecule has 0 fully saturated rings. The summed E-state index contributed by atoms with van der Waals surface area (Å²) in [4.78, 5) is 27.2. The molecule has 0 bridgehead atoms. The summed E-state index contributed by atoms with van der Waals surface area (Å²) >= 11 is 0. The Labute approximate surface area is 223 Å². The first-order chi connectivity index (χ1) is 18.2. The molecule has 1 aliphatic carbocycles. The summed E-state index contributed by atoms with van der Waals surface area (Å²) in [5, 5.41) is 13.9. The van der Waals surface area contributed by atoms with Crippen molar-refractivity contribution in [3.8, 4) is 23.0 Å². The molecule has 2 aromatic carbocycles. The van der Waals surface area contributed by atoms with Crippen molar-refractivity contribution in [3.63, 3.8) is 0 Å². The molecule has 202 valence electrons. The number of allylic oxidation sites excluding steroid dienone is 3. The van der Waals surface area contributed by atoms with E-state index in [4.69, 9.17) is 18.9 Å². The molecule has 1 heterocycles. The van der Waals surface area contributed by atoms with E-state index in [1.807, 2.05) is 39.0 Å². The minimum atomic E-state index is -0.682. The normalized spacial score (nSPS) is 19.9. The standard InChI is InChI=1S/C30H35NO7/c1-7-16(2)38-30(34)27-17(3)31-21-12-20(18-8-11-25(36-5)26(15-18)37-6)14-23(33)29(21)28(27)19-9-10-24(35-4)22(32)13-19/h8-11,13,15-16,20,28,31-32H,7,12,14H2,1-6H3/t16-,20-,28+/m1/s1. The van der Waals surface area contributed by atoms with E-state index in [-0.39, 0.29) is 30.0 Å². The van der Waals surface area contributed by atoms with E-state index in [1.54, 1.807) is 32.4 Å². The Morgan fingerprint density at radius 3 is 2.29 bits per heavy atom. The molecule has 0 amide bonds. The van der Waals surface area contributed by atoms with Crippen LogP contribution in [0.3, 0.4) is 0 Å². The first kappa shape index (κ1) is 27.1. The second-order valence-corrected chi connectivity index (χ2v) is 9.69. The first-order valence-electron chi connectivity index (χ1n) is 12.8. The van der Waals surface area contributed by atoms with Gasteiger partial charge in [-0.3, -0.25) is 4.79 Å². The monoisotopic (exact) mass is 521 g/mol. The van der Waals surface area contributed by atoms with Crippen molar-refractivity contribution in [2.45, 2.75) is 58.0 Å². The minimum Gasteiger partial charge on any atom is -0.504 e. The van der Waals surface area contributed by atoms with Gasteiger partial charge in [-0.2, -0.15) is 0 Å². The number of methoxy groups -OCH3 is 3. The number of ketones is 1. The fourth-order valence-electron chi connectivity index (χ4n) is 5.20. The summed E-state index contributed by atoms with van der Waals surface area (Å²) in [7, 11) is 4.64. The maximum atomic E-state index is 13.8. The quantitative estimate of drug-likeness (QED) is 0.462. The van der Waals surface area contributed by atoms with E-state index >= 15 is 0 Å². The maximum absolute atomic E-state index is 13.8. The molecule has 3 atom stereocenters. The van der Waals surface area contributed by atoms with E-state index in [0.29, 0.717) is 52.5 Å². The zero-order chi connectivity index (χ0) is 27.6. The zero-order valence-electron chi connectivity index (χ0n) is 22.7. The van der Waals surface area contributed by atoms with Gasteiger partial charge in [0.15, 0.2) is 28.8 Å². The summed E-state index contributed by atoms with van der Waals surface area (Å²) < 4.78 is 21.8. The van der Waals surface area contributed by atoms with Crippen molar-refractivity contribution in [2.24, 2.45) is 0 Å². The van der Waals surface area contributed by atoms with Gasteiger partial charge >= 0.3 is 5.97 Å². The molecular weight excluding hydrogens is 486 g/mol. The zero-order valence-corrected chi connectivity index (χ0v) is 22.7. The third kappa shape index (κ3) is 5.08. The number of benzene rings is 2. The van der Waals surface area contributed by atoms with Crippen LogP contribution in [0, 0.1) is 0 Å². The summed E-state index contributed by atoms with van der Waals surface area (Å²) in [6.07, 6.45) is 1.22. The van der Waals surface area contributed by atoms with Crippen molar-refractivity contribution in [1.29, 1.82) is 0 Å². The molecule has 4 rings (SSSR count). The number of nitrogens with one attached hydrogen (secondary N) is 1. The fourth-order valence-corrected chi connectivity index (χ4v) is 5.20. The molecule has 8 nitrogen and oxygen atoms in total. The Kier molecular flexibility index (Phi) is 7.99. The molecule has 2 N–H and O–H groups in total. The van der Waals surface area contributed by atoms with Crippen molar-refractivity contribution < 1.29 is 33.6 Å². The second kappa shape index (κ2) is 11.2. The van der Waals surface area contributed by atoms with E-state index in [9.17, 15) is 14.7 Å². The average Bonchev–Trinajstić information content (AvgIpc) is 2.91. The summed E-state index contributed by atoms with van der Waals surface area (Å²) in [6, 6.07) is 10.7. The van der Waals surface area contributed by atoms with Crippen LogP contribution in [-0.4, -0.2) is 44.3 Å². The lowest BCUT2D eigenvalue weighted by molar-refractivity contribution is -0.144. The van der Waals surface area contributed by atoms with E-state index in [2.05, 4.69) is 5.32 Å². The molecule has 0 unspecified atom stereocenters. The lowest BCUT2D eigenvalue weighted by atomic mass is 9.71. The van der Waals surface area contributed by atoms with Gasteiger partial charge < -0.3 is 29.4 Å². The van der Waals surface area contributed by atoms with E-state index < -0.39 is 11.9 Å². The Bertz CT molecular complexity index is 1310. The van der Waals surface area contributed by atoms with Gasteiger partial charge in [-0.1, -0.05) is 19.1 Å². The molecular formula is C30H35NO7. The number of dihydropyridines is 1. The smallest absolute Gasteiger partial charge is 0.337 e. The number of carbonyl (C=O) groups excluding carboxylic acids is 2. The molecule has 2 aliphatic rings. The number of esters is 1. The van der Waals surface area contributed by atoms with Crippen LogP contribution in [-0.2, 0) is 14.3 Å².